The number of para-hydroxylation sites is 2. The Labute approximate surface area is 468 Å². The van der Waals surface area contributed by atoms with Crippen molar-refractivity contribution in [2.45, 2.75) is 0 Å². The Balaban J connectivity index is 0.977. The molecule has 15 aromatic rings. The molecular formula is C75H48N4O2. The zero-order valence-electron chi connectivity index (χ0n) is 43.8. The molecule has 0 unspecified atom stereocenters. The van der Waals surface area contributed by atoms with Gasteiger partial charge in [0.2, 0.25) is 0 Å². The summed E-state index contributed by atoms with van der Waals surface area (Å²) in [6.07, 6.45) is 0. The second kappa shape index (κ2) is 20.1. The maximum Gasteiger partial charge on any atom is 0.164 e. The topological polar surface area (TPSA) is 68.2 Å². The first-order chi connectivity index (χ1) is 40.1. The maximum atomic E-state index is 6.98. The molecule has 0 aliphatic carbocycles. The molecule has 0 saturated carbocycles. The van der Waals surface area contributed by atoms with E-state index < -0.39 is 0 Å². The van der Waals surface area contributed by atoms with Gasteiger partial charge in [-0.2, -0.15) is 0 Å². The van der Waals surface area contributed by atoms with E-state index in [1.807, 2.05) is 24.3 Å². The molecular weight excluding hydrogens is 989 g/mol. The lowest BCUT2D eigenvalue weighted by Gasteiger charge is -2.31. The summed E-state index contributed by atoms with van der Waals surface area (Å²) in [5.41, 5.74) is 19.3. The average molecular weight is 1040 g/mol. The van der Waals surface area contributed by atoms with Crippen molar-refractivity contribution in [3.63, 3.8) is 0 Å². The van der Waals surface area contributed by atoms with Crippen molar-refractivity contribution >= 4 is 60.9 Å². The highest BCUT2D eigenvalue weighted by Gasteiger charge is 2.26. The molecule has 0 amide bonds. The summed E-state index contributed by atoms with van der Waals surface area (Å²) in [7, 11) is 0. The monoisotopic (exact) mass is 1040 g/mol. The van der Waals surface area contributed by atoms with Crippen LogP contribution in [0.25, 0.3) is 134 Å². The summed E-state index contributed by atoms with van der Waals surface area (Å²) in [4.78, 5) is 18.7. The van der Waals surface area contributed by atoms with Crippen LogP contribution in [0, 0.1) is 0 Å². The first kappa shape index (κ1) is 47.3. The Morgan fingerprint density at radius 1 is 0.247 bits per heavy atom. The summed E-state index contributed by atoms with van der Waals surface area (Å²) in [5.74, 6) is 1.68. The molecule has 0 atom stereocenters. The van der Waals surface area contributed by atoms with E-state index in [1.54, 1.807) is 0 Å². The van der Waals surface area contributed by atoms with Gasteiger partial charge in [0, 0.05) is 61.4 Å². The lowest BCUT2D eigenvalue weighted by atomic mass is 9.91. The Morgan fingerprint density at radius 2 is 0.679 bits per heavy atom. The second-order valence-electron chi connectivity index (χ2n) is 20.3. The fourth-order valence-electron chi connectivity index (χ4n) is 11.4. The van der Waals surface area contributed by atoms with Crippen molar-refractivity contribution in [2.24, 2.45) is 0 Å². The van der Waals surface area contributed by atoms with Gasteiger partial charge in [0.15, 0.2) is 17.5 Å². The predicted molar refractivity (Wildman–Crippen MR) is 333 cm³/mol. The van der Waals surface area contributed by atoms with Crippen LogP contribution in [-0.4, -0.2) is 15.0 Å². The van der Waals surface area contributed by atoms with E-state index in [9.17, 15) is 0 Å². The van der Waals surface area contributed by atoms with Gasteiger partial charge in [0.05, 0.1) is 11.1 Å². The Kier molecular flexibility index (Phi) is 11.7. The summed E-state index contributed by atoms with van der Waals surface area (Å²) in [6, 6.07) is 102. The summed E-state index contributed by atoms with van der Waals surface area (Å²) < 4.78 is 13.3. The number of hydrogen-bond donors (Lipinski definition) is 0. The van der Waals surface area contributed by atoms with Crippen LogP contribution in [0.1, 0.15) is 0 Å². The predicted octanol–water partition coefficient (Wildman–Crippen LogP) is 20.5. The first-order valence-corrected chi connectivity index (χ1v) is 27.2. The van der Waals surface area contributed by atoms with E-state index in [0.29, 0.717) is 17.5 Å². The number of benzene rings is 12. The van der Waals surface area contributed by atoms with Crippen LogP contribution < -0.4 is 4.90 Å². The quantitative estimate of drug-likeness (QED) is 0.129. The van der Waals surface area contributed by atoms with Crippen LogP contribution >= 0.6 is 0 Å². The molecule has 15 rings (SSSR count). The standard InChI is InChI=1S/C75H48N4O2/c1-7-21-49(22-8-1)52-35-37-55(38-36-52)73-76-74(58-44-56(50-23-9-2-10-24-50)43-57(45-58)51-25-11-3-12-26-51)78-75(77-73)59-46-65(53-27-13-4-14-28-53)71(66(47-59)54-29-15-5-16-30-54)79(60-31-17-6-18-32-60)61-39-40-62-63-41-42-68-70(72(63)81-69(62)48-61)64-33-19-20-34-67(64)80-68/h1-48H. The SMILES string of the molecule is c1ccc(-c2ccc(-c3nc(-c4cc(-c5ccccc5)cc(-c5ccccc5)c4)nc(-c4cc(-c5ccccc5)c(N(c5ccccc5)c5ccc6c(c5)oc5c6ccc6oc7ccccc7c65)c(-c5ccccc5)c4)n3)cc2)cc1. The highest BCUT2D eigenvalue weighted by atomic mass is 16.3. The van der Waals surface area contributed by atoms with Crippen LogP contribution in [-0.2, 0) is 0 Å². The number of hydrogen-bond acceptors (Lipinski definition) is 6. The third-order valence-corrected chi connectivity index (χ3v) is 15.3. The van der Waals surface area contributed by atoms with Gasteiger partial charge in [-0.25, -0.2) is 15.0 Å². The number of furan rings is 2. The van der Waals surface area contributed by atoms with Gasteiger partial charge in [0.25, 0.3) is 0 Å². The number of anilines is 3. The highest BCUT2D eigenvalue weighted by Crippen LogP contribution is 2.50. The molecule has 380 valence electrons. The van der Waals surface area contributed by atoms with Crippen LogP contribution in [0.2, 0.25) is 0 Å². The lowest BCUT2D eigenvalue weighted by molar-refractivity contribution is 0.663. The van der Waals surface area contributed by atoms with Gasteiger partial charge >= 0.3 is 0 Å². The molecule has 0 saturated heterocycles. The smallest absolute Gasteiger partial charge is 0.164 e. The van der Waals surface area contributed by atoms with E-state index in [1.165, 1.54) is 0 Å². The van der Waals surface area contributed by atoms with Crippen LogP contribution in [0.3, 0.4) is 0 Å². The average Bonchev–Trinajstić information content (AvgIpc) is 4.16. The number of aromatic nitrogens is 3. The van der Waals surface area contributed by atoms with E-state index in [4.69, 9.17) is 23.8 Å². The molecule has 3 aromatic heterocycles. The van der Waals surface area contributed by atoms with Gasteiger partial charge in [-0.15, -0.1) is 0 Å². The van der Waals surface area contributed by atoms with Crippen LogP contribution in [0.5, 0.6) is 0 Å². The van der Waals surface area contributed by atoms with Crippen molar-refractivity contribution in [1.29, 1.82) is 0 Å². The molecule has 0 N–H and O–H groups in total. The molecule has 6 heteroatoms. The first-order valence-electron chi connectivity index (χ1n) is 27.2. The van der Waals surface area contributed by atoms with Crippen LogP contribution in [0.4, 0.5) is 17.1 Å². The fourth-order valence-corrected chi connectivity index (χ4v) is 11.4. The zero-order chi connectivity index (χ0) is 53.6. The maximum absolute atomic E-state index is 6.98. The van der Waals surface area contributed by atoms with E-state index in [2.05, 4.69) is 272 Å². The van der Waals surface area contributed by atoms with Gasteiger partial charge in [-0.3, -0.25) is 0 Å². The van der Waals surface area contributed by atoms with Crippen molar-refractivity contribution in [2.75, 3.05) is 4.90 Å². The van der Waals surface area contributed by atoms with E-state index in [0.717, 1.165) is 133 Å². The molecule has 0 radical (unpaired) electrons. The number of nitrogens with zero attached hydrogens (tertiary/aromatic N) is 4. The summed E-state index contributed by atoms with van der Waals surface area (Å²) in [5, 5.41) is 4.06. The minimum Gasteiger partial charge on any atom is -0.456 e. The third kappa shape index (κ3) is 8.78. The highest BCUT2D eigenvalue weighted by molar-refractivity contribution is 6.22. The van der Waals surface area contributed by atoms with E-state index in [-0.39, 0.29) is 0 Å². The lowest BCUT2D eigenvalue weighted by Crippen LogP contribution is -2.13. The van der Waals surface area contributed by atoms with Gasteiger partial charge < -0.3 is 13.7 Å². The molecule has 0 spiro atoms. The minimum absolute atomic E-state index is 0.544. The fraction of sp³-hybridized carbons (Fsp3) is 0. The molecule has 6 nitrogen and oxygen atoms in total. The van der Waals surface area contributed by atoms with Crippen molar-refractivity contribution in [3.8, 4) is 89.8 Å². The van der Waals surface area contributed by atoms with E-state index >= 15 is 0 Å². The Bertz CT molecular complexity index is 4660. The van der Waals surface area contributed by atoms with Gasteiger partial charge in [-0.05, 0) is 117 Å². The molecule has 0 aliphatic rings. The normalized spacial score (nSPS) is 11.5. The molecule has 0 fully saturated rings. The van der Waals surface area contributed by atoms with Crippen molar-refractivity contribution in [3.05, 3.63) is 291 Å². The number of rotatable bonds is 11. The Morgan fingerprint density at radius 3 is 1.25 bits per heavy atom. The molecule has 3 heterocycles. The minimum atomic E-state index is 0.544. The molecule has 0 aliphatic heterocycles. The summed E-state index contributed by atoms with van der Waals surface area (Å²) >= 11 is 0. The van der Waals surface area contributed by atoms with Gasteiger partial charge in [-0.1, -0.05) is 212 Å². The van der Waals surface area contributed by atoms with Crippen molar-refractivity contribution < 1.29 is 8.83 Å². The molecule has 12 aromatic carbocycles. The third-order valence-electron chi connectivity index (χ3n) is 15.3. The Hall–Kier alpha value is -11.0. The van der Waals surface area contributed by atoms with Crippen molar-refractivity contribution in [1.82, 2.24) is 15.0 Å². The second-order valence-corrected chi connectivity index (χ2v) is 20.3. The molecule has 0 bridgehead atoms. The van der Waals surface area contributed by atoms with Crippen LogP contribution in [0.15, 0.2) is 300 Å². The largest absolute Gasteiger partial charge is 0.456 e. The number of fused-ring (bicyclic) bond motifs is 7. The molecule has 81 heavy (non-hydrogen) atoms. The zero-order valence-corrected chi connectivity index (χ0v) is 43.8. The summed E-state index contributed by atoms with van der Waals surface area (Å²) in [6.45, 7) is 0. The van der Waals surface area contributed by atoms with Gasteiger partial charge in [0.1, 0.15) is 22.3 Å².